The van der Waals surface area contributed by atoms with E-state index in [0.717, 1.165) is 6.07 Å². The van der Waals surface area contributed by atoms with Crippen LogP contribution in [0.15, 0.2) is 47.4 Å². The lowest BCUT2D eigenvalue weighted by atomic mass is 10.1. The molecule has 0 radical (unpaired) electrons. The van der Waals surface area contributed by atoms with E-state index in [1.165, 1.54) is 38.5 Å². The van der Waals surface area contributed by atoms with Crippen LogP contribution in [0.4, 0.5) is 0 Å². The first-order chi connectivity index (χ1) is 12.3. The topological polar surface area (TPSA) is 96.0 Å². The number of carbonyl (C=O) groups is 2. The number of rotatable bonds is 6. The summed E-state index contributed by atoms with van der Waals surface area (Å²) in [6.45, 7) is 0. The molecular weight excluding hydrogens is 384 g/mol. The van der Waals surface area contributed by atoms with Gasteiger partial charge in [0, 0.05) is 0 Å². The smallest absolute Gasteiger partial charge is 0.340 e. The monoisotopic (exact) mass is 398 g/mol. The quantitative estimate of drug-likeness (QED) is 0.545. The second-order valence-corrected chi connectivity index (χ2v) is 6.99. The van der Waals surface area contributed by atoms with E-state index in [1.807, 2.05) is 0 Å². The van der Waals surface area contributed by atoms with Gasteiger partial charge in [-0.2, -0.15) is 8.42 Å². The van der Waals surface area contributed by atoms with Crippen molar-refractivity contribution in [3.63, 3.8) is 0 Å². The molecule has 7 nitrogen and oxygen atoms in total. The predicted molar refractivity (Wildman–Crippen MR) is 92.8 cm³/mol. The van der Waals surface area contributed by atoms with Crippen LogP contribution >= 0.6 is 11.6 Å². The third-order valence-electron chi connectivity index (χ3n) is 3.33. The average molecular weight is 399 g/mol. The number of ether oxygens (including phenoxy) is 2. The van der Waals surface area contributed by atoms with Crippen molar-refractivity contribution < 1.29 is 31.7 Å². The van der Waals surface area contributed by atoms with Crippen LogP contribution in [0.1, 0.15) is 15.9 Å². The van der Waals surface area contributed by atoms with Crippen molar-refractivity contribution >= 4 is 33.7 Å². The molecule has 138 valence electrons. The summed E-state index contributed by atoms with van der Waals surface area (Å²) in [7, 11) is -1.73. The van der Waals surface area contributed by atoms with Crippen LogP contribution in [0, 0.1) is 0 Å². The fourth-order valence-electron chi connectivity index (χ4n) is 2.02. The summed E-state index contributed by atoms with van der Waals surface area (Å²) in [5, 5.41) is -0.171. The van der Waals surface area contributed by atoms with Crippen LogP contribution in [-0.4, -0.2) is 34.6 Å². The summed E-state index contributed by atoms with van der Waals surface area (Å²) < 4.78 is 38.9. The van der Waals surface area contributed by atoms with Crippen molar-refractivity contribution in [2.75, 3.05) is 14.2 Å². The third-order valence-corrected chi connectivity index (χ3v) is 5.06. The molecule has 0 spiro atoms. The van der Waals surface area contributed by atoms with E-state index < -0.39 is 22.1 Å². The molecule has 0 aliphatic carbocycles. The first-order valence-corrected chi connectivity index (χ1v) is 9.03. The van der Waals surface area contributed by atoms with E-state index in [9.17, 15) is 18.0 Å². The van der Waals surface area contributed by atoms with Gasteiger partial charge in [0.1, 0.15) is 10.6 Å². The molecule has 0 heterocycles. The summed E-state index contributed by atoms with van der Waals surface area (Å²) in [6.07, 6.45) is 0.0599. The molecule has 0 bridgehead atoms. The van der Waals surface area contributed by atoms with Gasteiger partial charge in [-0.15, -0.1) is 0 Å². The van der Waals surface area contributed by atoms with Gasteiger partial charge in [0.25, 0.3) is 0 Å². The summed E-state index contributed by atoms with van der Waals surface area (Å²) in [5.41, 5.74) is 0.755. The van der Waals surface area contributed by atoms with Crippen molar-refractivity contribution in [3.05, 3.63) is 58.6 Å². The van der Waals surface area contributed by atoms with Gasteiger partial charge in [0.15, 0.2) is 0 Å². The number of hydrogen-bond acceptors (Lipinski definition) is 7. The lowest BCUT2D eigenvalue weighted by molar-refractivity contribution is -0.139. The maximum Gasteiger partial charge on any atom is 0.340 e. The normalized spacial score (nSPS) is 10.9. The zero-order valence-electron chi connectivity index (χ0n) is 13.9. The van der Waals surface area contributed by atoms with Crippen molar-refractivity contribution in [2.24, 2.45) is 0 Å². The summed E-state index contributed by atoms with van der Waals surface area (Å²) in [5.74, 6) is -1.01. The van der Waals surface area contributed by atoms with Gasteiger partial charge in [0.2, 0.25) is 0 Å². The fourth-order valence-corrected chi connectivity index (χ4v) is 3.47. The molecule has 9 heteroatoms. The van der Waals surface area contributed by atoms with Crippen LogP contribution in [0.3, 0.4) is 0 Å². The summed E-state index contributed by atoms with van der Waals surface area (Å²) in [4.78, 5) is 22.4. The Morgan fingerprint density at radius 3 is 2.19 bits per heavy atom. The van der Waals surface area contributed by atoms with Gasteiger partial charge < -0.3 is 13.7 Å². The Hall–Kier alpha value is -2.58. The standard InChI is InChI=1S/C17H15ClO7S/c1-23-16(19)9-11-3-6-13(7-4-11)25-26(21,22)15-8-5-12(10-14(15)18)17(20)24-2/h3-8,10H,9H2,1-2H3. The highest BCUT2D eigenvalue weighted by atomic mass is 35.5. The van der Waals surface area contributed by atoms with Gasteiger partial charge in [0.05, 0.1) is 31.2 Å². The maximum atomic E-state index is 12.4. The minimum atomic E-state index is -4.21. The van der Waals surface area contributed by atoms with Crippen molar-refractivity contribution in [1.29, 1.82) is 0 Å². The molecule has 0 aliphatic heterocycles. The van der Waals surface area contributed by atoms with Crippen molar-refractivity contribution in [3.8, 4) is 5.75 Å². The molecule has 0 atom stereocenters. The fraction of sp³-hybridized carbons (Fsp3) is 0.176. The van der Waals surface area contributed by atoms with Gasteiger partial charge in [-0.05, 0) is 35.9 Å². The van der Waals surface area contributed by atoms with Crippen LogP contribution < -0.4 is 4.18 Å². The van der Waals surface area contributed by atoms with Crippen molar-refractivity contribution in [1.82, 2.24) is 0 Å². The summed E-state index contributed by atoms with van der Waals surface area (Å²) >= 11 is 5.96. The lowest BCUT2D eigenvalue weighted by Crippen LogP contribution is -2.11. The van der Waals surface area contributed by atoms with Gasteiger partial charge in [-0.1, -0.05) is 23.7 Å². The van der Waals surface area contributed by atoms with E-state index in [-0.39, 0.29) is 27.7 Å². The zero-order valence-corrected chi connectivity index (χ0v) is 15.5. The van der Waals surface area contributed by atoms with Gasteiger partial charge in [-0.25, -0.2) is 4.79 Å². The largest absolute Gasteiger partial charge is 0.469 e. The minimum absolute atomic E-state index is 0.0479. The molecule has 0 saturated heterocycles. The average Bonchev–Trinajstić information content (AvgIpc) is 2.61. The Kier molecular flexibility index (Phi) is 6.23. The number of benzene rings is 2. The van der Waals surface area contributed by atoms with Crippen LogP contribution in [0.25, 0.3) is 0 Å². The molecule has 2 aromatic carbocycles. The lowest BCUT2D eigenvalue weighted by Gasteiger charge is -2.10. The Morgan fingerprint density at radius 1 is 1.00 bits per heavy atom. The molecule has 26 heavy (non-hydrogen) atoms. The predicted octanol–water partition coefficient (Wildman–Crippen LogP) is 2.61. The number of carbonyl (C=O) groups excluding carboxylic acids is 2. The van der Waals surface area contributed by atoms with Gasteiger partial charge >= 0.3 is 22.1 Å². The Labute approximate surface area is 155 Å². The zero-order chi connectivity index (χ0) is 19.3. The van der Waals surface area contributed by atoms with E-state index in [4.69, 9.17) is 15.8 Å². The Balaban J connectivity index is 2.20. The highest BCUT2D eigenvalue weighted by Gasteiger charge is 2.22. The molecule has 0 aromatic heterocycles. The maximum absolute atomic E-state index is 12.4. The summed E-state index contributed by atoms with van der Waals surface area (Å²) in [6, 6.07) is 9.53. The highest BCUT2D eigenvalue weighted by molar-refractivity contribution is 7.87. The molecule has 0 N–H and O–H groups in total. The highest BCUT2D eigenvalue weighted by Crippen LogP contribution is 2.26. The Bertz CT molecular complexity index is 921. The molecular formula is C17H15ClO7S. The molecule has 0 unspecified atom stereocenters. The number of hydrogen-bond donors (Lipinski definition) is 0. The molecule has 2 aromatic rings. The molecule has 0 aliphatic rings. The van der Waals surface area contributed by atoms with Crippen LogP contribution in [0.5, 0.6) is 5.75 Å². The number of esters is 2. The SMILES string of the molecule is COC(=O)Cc1ccc(OS(=O)(=O)c2ccc(C(=O)OC)cc2Cl)cc1. The van der Waals surface area contributed by atoms with Gasteiger partial charge in [-0.3, -0.25) is 4.79 Å². The van der Waals surface area contributed by atoms with Crippen molar-refractivity contribution in [2.45, 2.75) is 11.3 Å². The van der Waals surface area contributed by atoms with E-state index >= 15 is 0 Å². The first kappa shape index (κ1) is 19.7. The van der Waals surface area contributed by atoms with Crippen LogP contribution in [0.2, 0.25) is 5.02 Å². The second kappa shape index (κ2) is 8.20. The first-order valence-electron chi connectivity index (χ1n) is 7.25. The second-order valence-electron chi connectivity index (χ2n) is 5.07. The van der Waals surface area contributed by atoms with E-state index in [1.54, 1.807) is 12.1 Å². The molecule has 0 amide bonds. The molecule has 0 saturated carbocycles. The van der Waals surface area contributed by atoms with Crippen LogP contribution in [-0.2, 0) is 30.8 Å². The van der Waals surface area contributed by atoms with E-state index in [2.05, 4.69) is 9.47 Å². The molecule has 0 fully saturated rings. The Morgan fingerprint density at radius 2 is 1.65 bits per heavy atom. The third kappa shape index (κ3) is 4.74. The minimum Gasteiger partial charge on any atom is -0.469 e. The van der Waals surface area contributed by atoms with E-state index in [0.29, 0.717) is 5.56 Å². The number of halogens is 1. The molecule has 2 rings (SSSR count). The number of methoxy groups -OCH3 is 2.